The third-order valence-corrected chi connectivity index (χ3v) is 2.47. The summed E-state index contributed by atoms with van der Waals surface area (Å²) >= 11 is 0. The number of hydrogen-bond donors (Lipinski definition) is 0. The Morgan fingerprint density at radius 1 is 1.00 bits per heavy atom. The summed E-state index contributed by atoms with van der Waals surface area (Å²) in [6.07, 6.45) is 0. The average Bonchev–Trinajstić information content (AvgIpc) is 1.82. The number of rotatable bonds is 0. The van der Waals surface area contributed by atoms with Crippen molar-refractivity contribution in [3.63, 3.8) is 0 Å². The summed E-state index contributed by atoms with van der Waals surface area (Å²) in [7, 11) is 3.56. The van der Waals surface area contributed by atoms with Crippen LogP contribution >= 0.6 is 9.24 Å². The predicted octanol–water partition coefficient (Wildman–Crippen LogP) is 2.38. The maximum Gasteiger partial charge on any atom is -0.0398 e. The molecule has 1 aromatic rings. The summed E-state index contributed by atoms with van der Waals surface area (Å²) in [5, 5.41) is 1.23. The van der Waals surface area contributed by atoms with Crippen LogP contribution in [-0.4, -0.2) is 0 Å². The lowest BCUT2D eigenvalue weighted by Gasteiger charge is -2.12. The Balaban J connectivity index is 3.31. The van der Waals surface area contributed by atoms with Crippen LogP contribution in [0.1, 0.15) is 16.7 Å². The van der Waals surface area contributed by atoms with E-state index in [0.29, 0.717) is 0 Å². The minimum Gasteiger partial charge on any atom is -0.524 e. The highest BCUT2D eigenvalue weighted by molar-refractivity contribution is 7.27. The molecule has 0 heterocycles. The van der Waals surface area contributed by atoms with Gasteiger partial charge in [-0.05, 0) is 20.8 Å². The molecule has 10 heavy (non-hydrogen) atoms. The van der Waals surface area contributed by atoms with E-state index in [2.05, 4.69) is 42.1 Å². The first kappa shape index (κ1) is 7.75. The summed E-state index contributed by atoms with van der Waals surface area (Å²) in [4.78, 5) is 0. The molecule has 0 atom stereocenters. The molecule has 0 fully saturated rings. The Hall–Kier alpha value is -0.350. The van der Waals surface area contributed by atoms with Crippen molar-refractivity contribution in [2.45, 2.75) is 20.8 Å². The molecule has 1 aromatic carbocycles. The molecule has 0 aliphatic heterocycles. The molecule has 0 bridgehead atoms. The molecule has 1 heteroatoms. The molecule has 0 unspecified atom stereocenters. The van der Waals surface area contributed by atoms with Crippen LogP contribution in [0.2, 0.25) is 0 Å². The van der Waals surface area contributed by atoms with Gasteiger partial charge >= 0.3 is 0 Å². The highest BCUT2D eigenvalue weighted by Gasteiger charge is 1.90. The van der Waals surface area contributed by atoms with Crippen LogP contribution in [0.15, 0.2) is 12.1 Å². The van der Waals surface area contributed by atoms with Crippen LogP contribution in [-0.2, 0) is 0 Å². The highest BCUT2D eigenvalue weighted by Crippen LogP contribution is 2.07. The minimum atomic E-state index is 1.23. The lowest BCUT2D eigenvalue weighted by molar-refractivity contribution is 1.36. The van der Waals surface area contributed by atoms with Gasteiger partial charge in [0.25, 0.3) is 0 Å². The van der Waals surface area contributed by atoms with Gasteiger partial charge in [0.05, 0.1) is 0 Å². The number of hydrogen-bond acceptors (Lipinski definition) is 0. The first-order valence-electron chi connectivity index (χ1n) is 3.40. The van der Waals surface area contributed by atoms with Gasteiger partial charge in [0, 0.05) is 0 Å². The van der Waals surface area contributed by atoms with Gasteiger partial charge in [-0.15, -0.1) is 0 Å². The molecule has 0 radical (unpaired) electrons. The minimum absolute atomic E-state index is 1.23. The van der Waals surface area contributed by atoms with Crippen molar-refractivity contribution >= 4 is 14.5 Å². The van der Waals surface area contributed by atoms with Crippen LogP contribution in [0.4, 0.5) is 0 Å². The highest BCUT2D eigenvalue weighted by atomic mass is 31.0. The number of aryl methyl sites for hydroxylation is 3. The van der Waals surface area contributed by atoms with Gasteiger partial charge in [-0.3, -0.25) is 0 Å². The average molecular weight is 151 g/mol. The standard InChI is InChI=1S/C9H12P/c1-6-4-7(2)9(10)8(3)5-6/h4-5,10H,1-3H3/q-1. The second-order valence-corrected chi connectivity index (χ2v) is 3.27. The lowest BCUT2D eigenvalue weighted by atomic mass is 10.1. The first-order valence-corrected chi connectivity index (χ1v) is 3.90. The SMILES string of the molecule is Cc1cc(C)c([PH-])c(C)c1. The third-order valence-electron chi connectivity index (χ3n) is 1.68. The second-order valence-electron chi connectivity index (χ2n) is 2.77. The van der Waals surface area contributed by atoms with Gasteiger partial charge < -0.3 is 9.24 Å². The Bertz CT molecular complexity index is 228. The van der Waals surface area contributed by atoms with Crippen molar-refractivity contribution < 1.29 is 0 Å². The summed E-state index contributed by atoms with van der Waals surface area (Å²) in [6.45, 7) is 6.34. The van der Waals surface area contributed by atoms with Gasteiger partial charge in [0.1, 0.15) is 0 Å². The zero-order valence-corrected chi connectivity index (χ0v) is 7.65. The normalized spacial score (nSPS) is 10.0. The van der Waals surface area contributed by atoms with E-state index >= 15 is 0 Å². The molecule has 0 aliphatic carbocycles. The van der Waals surface area contributed by atoms with Crippen molar-refractivity contribution in [2.24, 2.45) is 0 Å². The largest absolute Gasteiger partial charge is 0.524 e. The van der Waals surface area contributed by atoms with Crippen LogP contribution in [0.3, 0.4) is 0 Å². The van der Waals surface area contributed by atoms with Crippen molar-refractivity contribution in [2.75, 3.05) is 0 Å². The summed E-state index contributed by atoms with van der Waals surface area (Å²) < 4.78 is 0. The summed E-state index contributed by atoms with van der Waals surface area (Å²) in [5.41, 5.74) is 3.96. The maximum absolute atomic E-state index is 3.56. The van der Waals surface area contributed by atoms with E-state index in [1.807, 2.05) is 0 Å². The summed E-state index contributed by atoms with van der Waals surface area (Å²) in [5.74, 6) is 0. The summed E-state index contributed by atoms with van der Waals surface area (Å²) in [6, 6.07) is 4.35. The molecule has 0 nitrogen and oxygen atoms in total. The van der Waals surface area contributed by atoms with Crippen LogP contribution in [0.5, 0.6) is 0 Å². The lowest BCUT2D eigenvalue weighted by Crippen LogP contribution is -2.01. The molecule has 0 aromatic heterocycles. The molecule has 0 amide bonds. The molecular weight excluding hydrogens is 139 g/mol. The Morgan fingerprint density at radius 3 is 1.80 bits per heavy atom. The third kappa shape index (κ3) is 1.38. The van der Waals surface area contributed by atoms with E-state index in [9.17, 15) is 0 Å². The van der Waals surface area contributed by atoms with E-state index in [1.165, 1.54) is 22.0 Å². The van der Waals surface area contributed by atoms with Crippen molar-refractivity contribution in [3.8, 4) is 0 Å². The van der Waals surface area contributed by atoms with E-state index in [0.717, 1.165) is 0 Å². The Morgan fingerprint density at radius 2 is 1.40 bits per heavy atom. The molecular formula is C9H12P-. The molecule has 0 saturated carbocycles. The Kier molecular flexibility index (Phi) is 2.11. The van der Waals surface area contributed by atoms with Gasteiger partial charge in [-0.1, -0.05) is 28.8 Å². The van der Waals surface area contributed by atoms with Gasteiger partial charge in [0.2, 0.25) is 0 Å². The maximum atomic E-state index is 3.56. The smallest absolute Gasteiger partial charge is 0.0398 e. The van der Waals surface area contributed by atoms with E-state index < -0.39 is 0 Å². The second kappa shape index (κ2) is 2.72. The molecule has 1 rings (SSSR count). The fraction of sp³-hybridized carbons (Fsp3) is 0.333. The first-order chi connectivity index (χ1) is 4.61. The zero-order chi connectivity index (χ0) is 7.72. The predicted molar refractivity (Wildman–Crippen MR) is 48.6 cm³/mol. The number of benzene rings is 1. The molecule has 0 saturated heterocycles. The van der Waals surface area contributed by atoms with Crippen LogP contribution in [0, 0.1) is 20.8 Å². The van der Waals surface area contributed by atoms with Crippen LogP contribution < -0.4 is 5.30 Å². The van der Waals surface area contributed by atoms with Crippen LogP contribution in [0.25, 0.3) is 0 Å². The van der Waals surface area contributed by atoms with Gasteiger partial charge in [-0.2, -0.15) is 0 Å². The van der Waals surface area contributed by atoms with Crippen molar-refractivity contribution in [3.05, 3.63) is 28.8 Å². The van der Waals surface area contributed by atoms with E-state index in [1.54, 1.807) is 0 Å². The molecule has 54 valence electrons. The van der Waals surface area contributed by atoms with E-state index in [4.69, 9.17) is 0 Å². The van der Waals surface area contributed by atoms with Gasteiger partial charge in [0.15, 0.2) is 0 Å². The molecule has 0 aliphatic rings. The molecule has 0 spiro atoms. The van der Waals surface area contributed by atoms with Crippen molar-refractivity contribution in [1.82, 2.24) is 0 Å². The topological polar surface area (TPSA) is 0 Å². The Labute approximate surface area is 64.9 Å². The van der Waals surface area contributed by atoms with Gasteiger partial charge in [-0.25, -0.2) is 5.30 Å². The zero-order valence-electron chi connectivity index (χ0n) is 6.65. The fourth-order valence-corrected chi connectivity index (χ4v) is 1.32. The fourth-order valence-electron chi connectivity index (χ4n) is 1.18. The van der Waals surface area contributed by atoms with Crippen molar-refractivity contribution in [1.29, 1.82) is 0 Å². The quantitative estimate of drug-likeness (QED) is 0.499. The van der Waals surface area contributed by atoms with E-state index in [-0.39, 0.29) is 0 Å². The monoisotopic (exact) mass is 151 g/mol. The molecule has 0 N–H and O–H groups in total.